The number of amides is 2. The zero-order valence-electron chi connectivity index (χ0n) is 16.6. The van der Waals surface area contributed by atoms with Crippen molar-refractivity contribution >= 4 is 11.8 Å². The first kappa shape index (κ1) is 18.9. The molecular weight excluding hydrogens is 324 g/mol. The molecule has 0 aromatic heterocycles. The van der Waals surface area contributed by atoms with Crippen molar-refractivity contribution in [3.63, 3.8) is 0 Å². The minimum Gasteiger partial charge on any atom is -0.338 e. The molecule has 2 heterocycles. The van der Waals surface area contributed by atoms with Crippen LogP contribution >= 0.6 is 0 Å². The Bertz CT molecular complexity index is 595. The van der Waals surface area contributed by atoms with E-state index in [4.69, 9.17) is 0 Å². The number of carbonyl (C=O) groups is 2. The van der Waals surface area contributed by atoms with Crippen molar-refractivity contribution in [3.05, 3.63) is 35.4 Å². The van der Waals surface area contributed by atoms with E-state index in [1.807, 2.05) is 34.1 Å². The second kappa shape index (κ2) is 7.81. The topological polar surface area (TPSA) is 40.6 Å². The van der Waals surface area contributed by atoms with Crippen LogP contribution in [0.2, 0.25) is 0 Å². The summed E-state index contributed by atoms with van der Waals surface area (Å²) in [5.74, 6) is 2.04. The van der Waals surface area contributed by atoms with Crippen LogP contribution in [0.1, 0.15) is 61.3 Å². The lowest BCUT2D eigenvalue weighted by molar-refractivity contribution is 0.0585. The number of rotatable bonds is 2. The number of benzene rings is 1. The monoisotopic (exact) mass is 356 g/mol. The maximum Gasteiger partial charge on any atom is 0.254 e. The van der Waals surface area contributed by atoms with E-state index in [1.165, 1.54) is 0 Å². The molecule has 2 aliphatic rings. The van der Waals surface area contributed by atoms with Gasteiger partial charge in [0.15, 0.2) is 0 Å². The largest absolute Gasteiger partial charge is 0.338 e. The highest BCUT2D eigenvalue weighted by Crippen LogP contribution is 2.26. The van der Waals surface area contributed by atoms with E-state index >= 15 is 0 Å². The first-order valence-electron chi connectivity index (χ1n) is 10.0. The van der Waals surface area contributed by atoms with Gasteiger partial charge in [-0.2, -0.15) is 0 Å². The SMILES string of the molecule is CC1CC(C)CN(C(=O)c2ccccc2C(=O)N2CC(C)CC(C)C2)C1. The summed E-state index contributed by atoms with van der Waals surface area (Å²) >= 11 is 0. The van der Waals surface area contributed by atoms with E-state index in [0.717, 1.165) is 39.0 Å². The van der Waals surface area contributed by atoms with Crippen molar-refractivity contribution < 1.29 is 9.59 Å². The predicted octanol–water partition coefficient (Wildman–Crippen LogP) is 3.92. The summed E-state index contributed by atoms with van der Waals surface area (Å²) in [6.45, 7) is 11.9. The Hall–Kier alpha value is -1.84. The van der Waals surface area contributed by atoms with Gasteiger partial charge >= 0.3 is 0 Å². The summed E-state index contributed by atoms with van der Waals surface area (Å²) in [4.78, 5) is 30.2. The lowest BCUT2D eigenvalue weighted by atomic mass is 9.90. The minimum atomic E-state index is 0.00505. The molecule has 2 aliphatic heterocycles. The molecule has 2 saturated heterocycles. The molecular formula is C22H32N2O2. The first-order valence-corrected chi connectivity index (χ1v) is 10.0. The zero-order chi connectivity index (χ0) is 18.8. The number of hydrogen-bond acceptors (Lipinski definition) is 2. The fourth-order valence-corrected chi connectivity index (χ4v) is 4.85. The number of hydrogen-bond donors (Lipinski definition) is 0. The third-order valence-electron chi connectivity index (χ3n) is 5.70. The van der Waals surface area contributed by atoms with Crippen LogP contribution in [0.25, 0.3) is 0 Å². The minimum absolute atomic E-state index is 0.00505. The molecule has 1 aromatic rings. The molecule has 3 rings (SSSR count). The van der Waals surface area contributed by atoms with Crippen molar-refractivity contribution in [2.24, 2.45) is 23.7 Å². The maximum atomic E-state index is 13.2. The van der Waals surface area contributed by atoms with E-state index in [1.54, 1.807) is 0 Å². The molecule has 2 amide bonds. The Balaban J connectivity index is 1.83. The quantitative estimate of drug-likeness (QED) is 0.806. The highest BCUT2D eigenvalue weighted by Gasteiger charge is 2.31. The molecule has 0 N–H and O–H groups in total. The third-order valence-corrected chi connectivity index (χ3v) is 5.70. The Labute approximate surface area is 157 Å². The van der Waals surface area contributed by atoms with Crippen LogP contribution in [0.4, 0.5) is 0 Å². The summed E-state index contributed by atoms with van der Waals surface area (Å²) in [7, 11) is 0. The molecule has 4 unspecified atom stereocenters. The number of likely N-dealkylation sites (tertiary alicyclic amines) is 2. The van der Waals surface area contributed by atoms with Crippen molar-refractivity contribution in [3.8, 4) is 0 Å². The van der Waals surface area contributed by atoms with Gasteiger partial charge in [0.05, 0.1) is 11.1 Å². The predicted molar refractivity (Wildman–Crippen MR) is 104 cm³/mol. The number of carbonyl (C=O) groups excluding carboxylic acids is 2. The van der Waals surface area contributed by atoms with E-state index in [0.29, 0.717) is 34.8 Å². The fraction of sp³-hybridized carbons (Fsp3) is 0.636. The fourth-order valence-electron chi connectivity index (χ4n) is 4.85. The van der Waals surface area contributed by atoms with E-state index in [9.17, 15) is 9.59 Å². The molecule has 0 bridgehead atoms. The van der Waals surface area contributed by atoms with Crippen molar-refractivity contribution in [1.82, 2.24) is 9.80 Å². The average molecular weight is 357 g/mol. The first-order chi connectivity index (χ1) is 12.3. The Kier molecular flexibility index (Phi) is 5.69. The van der Waals surface area contributed by atoms with Crippen molar-refractivity contribution in [1.29, 1.82) is 0 Å². The summed E-state index contributed by atoms with van der Waals surface area (Å²) in [5.41, 5.74) is 1.12. The summed E-state index contributed by atoms with van der Waals surface area (Å²) in [6.07, 6.45) is 2.32. The molecule has 26 heavy (non-hydrogen) atoms. The van der Waals surface area contributed by atoms with Gasteiger partial charge in [0, 0.05) is 26.2 Å². The van der Waals surface area contributed by atoms with Gasteiger partial charge in [-0.05, 0) is 48.6 Å². The summed E-state index contributed by atoms with van der Waals surface area (Å²) in [6, 6.07) is 7.36. The van der Waals surface area contributed by atoms with Crippen LogP contribution in [0, 0.1) is 23.7 Å². The Morgan fingerprint density at radius 1 is 0.692 bits per heavy atom. The second-order valence-electron chi connectivity index (χ2n) is 8.86. The second-order valence-corrected chi connectivity index (χ2v) is 8.86. The Morgan fingerprint density at radius 3 is 1.31 bits per heavy atom. The van der Waals surface area contributed by atoms with Crippen molar-refractivity contribution in [2.45, 2.75) is 40.5 Å². The summed E-state index contributed by atoms with van der Waals surface area (Å²) in [5, 5.41) is 0. The molecule has 0 radical (unpaired) electrons. The van der Waals surface area contributed by atoms with Crippen LogP contribution in [0.5, 0.6) is 0 Å². The van der Waals surface area contributed by atoms with E-state index < -0.39 is 0 Å². The van der Waals surface area contributed by atoms with Crippen LogP contribution < -0.4 is 0 Å². The van der Waals surface area contributed by atoms with E-state index in [2.05, 4.69) is 27.7 Å². The van der Waals surface area contributed by atoms with Gasteiger partial charge in [0.25, 0.3) is 11.8 Å². The van der Waals surface area contributed by atoms with E-state index in [-0.39, 0.29) is 11.8 Å². The van der Waals surface area contributed by atoms with Gasteiger partial charge in [-0.25, -0.2) is 0 Å². The zero-order valence-corrected chi connectivity index (χ0v) is 16.6. The summed E-state index contributed by atoms with van der Waals surface area (Å²) < 4.78 is 0. The maximum absolute atomic E-state index is 13.2. The van der Waals surface area contributed by atoms with Gasteiger partial charge < -0.3 is 9.80 Å². The highest BCUT2D eigenvalue weighted by atomic mass is 16.2. The average Bonchev–Trinajstić information content (AvgIpc) is 2.59. The van der Waals surface area contributed by atoms with Crippen LogP contribution in [-0.4, -0.2) is 47.8 Å². The molecule has 4 atom stereocenters. The van der Waals surface area contributed by atoms with Gasteiger partial charge in [0.2, 0.25) is 0 Å². The van der Waals surface area contributed by atoms with Gasteiger partial charge in [-0.1, -0.05) is 39.8 Å². The molecule has 1 aromatic carbocycles. The molecule has 142 valence electrons. The number of nitrogens with zero attached hydrogens (tertiary/aromatic N) is 2. The van der Waals surface area contributed by atoms with Crippen LogP contribution in [0.3, 0.4) is 0 Å². The number of piperidine rings is 2. The molecule has 0 aliphatic carbocycles. The normalized spacial score (nSPS) is 29.5. The molecule has 2 fully saturated rings. The van der Waals surface area contributed by atoms with Crippen LogP contribution in [-0.2, 0) is 0 Å². The van der Waals surface area contributed by atoms with Crippen molar-refractivity contribution in [2.75, 3.05) is 26.2 Å². The lowest BCUT2D eigenvalue weighted by Gasteiger charge is -2.37. The molecule has 4 nitrogen and oxygen atoms in total. The molecule has 4 heteroatoms. The smallest absolute Gasteiger partial charge is 0.254 e. The van der Waals surface area contributed by atoms with Gasteiger partial charge in [-0.3, -0.25) is 9.59 Å². The Morgan fingerprint density at radius 2 is 1.00 bits per heavy atom. The van der Waals surface area contributed by atoms with Crippen LogP contribution in [0.15, 0.2) is 24.3 Å². The standard InChI is InChI=1S/C22H32N2O2/c1-15-9-16(2)12-23(11-15)21(25)19-7-5-6-8-20(19)22(26)24-13-17(3)10-18(4)14-24/h5-8,15-18H,9-14H2,1-4H3. The van der Waals surface area contributed by atoms with Gasteiger partial charge in [0.1, 0.15) is 0 Å². The third kappa shape index (κ3) is 4.11. The highest BCUT2D eigenvalue weighted by molar-refractivity contribution is 6.07. The molecule has 0 saturated carbocycles. The van der Waals surface area contributed by atoms with Gasteiger partial charge in [-0.15, -0.1) is 0 Å². The lowest BCUT2D eigenvalue weighted by Crippen LogP contribution is -2.45. The molecule has 0 spiro atoms.